The van der Waals surface area contributed by atoms with Crippen molar-refractivity contribution in [3.8, 4) is 0 Å². The summed E-state index contributed by atoms with van der Waals surface area (Å²) in [5, 5.41) is 31.8. The maximum Gasteiger partial charge on any atom is 0.295 e. The summed E-state index contributed by atoms with van der Waals surface area (Å²) in [4.78, 5) is 29.1. The predicted octanol–water partition coefficient (Wildman–Crippen LogP) is 7.00. The lowest BCUT2D eigenvalue weighted by molar-refractivity contribution is -0.432. The third-order valence-corrected chi connectivity index (χ3v) is 10.0. The van der Waals surface area contributed by atoms with E-state index in [-0.39, 0.29) is 39.9 Å². The number of nitrogens with two attached hydrogens (primary N) is 1. The lowest BCUT2D eigenvalue weighted by Crippen LogP contribution is -2.17. The van der Waals surface area contributed by atoms with Crippen LogP contribution >= 0.6 is 12.0 Å². The summed E-state index contributed by atoms with van der Waals surface area (Å²) in [5.41, 5.74) is 8.69. The normalized spacial score (nSPS) is 11.5. The van der Waals surface area contributed by atoms with Gasteiger partial charge in [0.2, 0.25) is 35.7 Å². The lowest BCUT2D eigenvalue weighted by atomic mass is 10.1. The average Bonchev–Trinajstić information content (AvgIpc) is 3.25. The molecule has 0 unspecified atom stereocenters. The smallest absolute Gasteiger partial charge is 0.295 e. The maximum absolute atomic E-state index is 12.7. The first-order valence-electron chi connectivity index (χ1n) is 19.2. The van der Waals surface area contributed by atoms with Gasteiger partial charge in [-0.1, -0.05) is 65.7 Å². The van der Waals surface area contributed by atoms with Gasteiger partial charge in [0, 0.05) is 40.7 Å². The van der Waals surface area contributed by atoms with Gasteiger partial charge in [-0.15, -0.1) is 4.33 Å². The quantitative estimate of drug-likeness (QED) is 0.00782. The Kier molecular flexibility index (Phi) is 16.3. The Bertz CT molecular complexity index is 2520. The molecule has 0 aliphatic rings. The standard InChI is InChI=1S/C40H46N14O6S2/c1-54(2)24-10-23-43-36-49-38(45-30-13-7-4-8-14-30)52-39(51-36)46-31-19-17-27(33(25-31)61-60-59-55)15-16-28-18-20-32(26-34(28)62(56,57)58)47-40-50-35(42-22-9-21-41)48-37(53-40)44-29-11-5-3-6-12-29/h3-8,11-20,25-26,55H,9-10,21-24,41H2,1-2H3,(H,56,57,58)(H3,42,44,47,48,50,53)(H3,43,45,46,49,51,52)/b16-15+. The van der Waals surface area contributed by atoms with Gasteiger partial charge in [0.25, 0.3) is 10.1 Å². The molecule has 0 aliphatic heterocycles. The van der Waals surface area contributed by atoms with E-state index in [1.165, 1.54) is 18.2 Å². The zero-order valence-electron chi connectivity index (χ0n) is 33.7. The topological polar surface area (TPSA) is 272 Å². The zero-order valence-corrected chi connectivity index (χ0v) is 35.3. The molecule has 62 heavy (non-hydrogen) atoms. The van der Waals surface area contributed by atoms with Crippen LogP contribution in [0.4, 0.5) is 58.4 Å². The van der Waals surface area contributed by atoms with Crippen LogP contribution in [0.3, 0.4) is 0 Å². The Balaban J connectivity index is 1.24. The van der Waals surface area contributed by atoms with Crippen LogP contribution in [0.2, 0.25) is 0 Å². The molecule has 0 aliphatic carbocycles. The van der Waals surface area contributed by atoms with E-state index < -0.39 is 10.1 Å². The number of para-hydroxylation sites is 2. The number of hydrogen-bond acceptors (Lipinski definition) is 20. The molecule has 0 bridgehead atoms. The number of aromatic nitrogens is 6. The second kappa shape index (κ2) is 22.4. The third kappa shape index (κ3) is 14.0. The number of benzene rings is 4. The summed E-state index contributed by atoms with van der Waals surface area (Å²) in [6.07, 6.45) is 4.65. The molecule has 0 spiro atoms. The number of hydrogen-bond donors (Lipinski definition) is 9. The summed E-state index contributed by atoms with van der Waals surface area (Å²) in [5.74, 6) is 1.51. The highest BCUT2D eigenvalue weighted by molar-refractivity contribution is 7.94. The van der Waals surface area contributed by atoms with Crippen molar-refractivity contribution >= 4 is 92.8 Å². The minimum atomic E-state index is -4.73. The lowest BCUT2D eigenvalue weighted by Gasteiger charge is -2.13. The van der Waals surface area contributed by atoms with Gasteiger partial charge < -0.3 is 42.5 Å². The van der Waals surface area contributed by atoms with Crippen LogP contribution in [0.1, 0.15) is 24.0 Å². The van der Waals surface area contributed by atoms with E-state index in [1.54, 1.807) is 30.3 Å². The average molecular weight is 883 g/mol. The first-order valence-corrected chi connectivity index (χ1v) is 21.3. The Hall–Kier alpha value is -6.50. The summed E-state index contributed by atoms with van der Waals surface area (Å²) in [6.45, 7) is 2.50. The van der Waals surface area contributed by atoms with Crippen molar-refractivity contribution in [3.05, 3.63) is 108 Å². The molecule has 20 nitrogen and oxygen atoms in total. The molecule has 22 heteroatoms. The van der Waals surface area contributed by atoms with Crippen molar-refractivity contribution in [1.82, 2.24) is 34.8 Å². The van der Waals surface area contributed by atoms with E-state index >= 15 is 0 Å². The Morgan fingerprint density at radius 3 is 1.61 bits per heavy atom. The van der Waals surface area contributed by atoms with Gasteiger partial charge in [-0.2, -0.15) is 38.3 Å². The first kappa shape index (κ1) is 45.0. The van der Waals surface area contributed by atoms with Gasteiger partial charge in [0.15, 0.2) is 0 Å². The molecule has 6 aromatic rings. The van der Waals surface area contributed by atoms with Crippen molar-refractivity contribution in [1.29, 1.82) is 0 Å². The van der Waals surface area contributed by atoms with Crippen LogP contribution in [0, 0.1) is 0 Å². The summed E-state index contributed by atoms with van der Waals surface area (Å²) < 4.78 is 40.6. The minimum Gasteiger partial charge on any atom is -0.354 e. The summed E-state index contributed by atoms with van der Waals surface area (Å²) >= 11 is 0.695. The van der Waals surface area contributed by atoms with Crippen molar-refractivity contribution < 1.29 is 27.6 Å². The van der Waals surface area contributed by atoms with Crippen LogP contribution in [-0.2, 0) is 19.5 Å². The number of nitrogens with zero attached hydrogens (tertiary/aromatic N) is 7. The molecule has 0 saturated carbocycles. The molecule has 324 valence electrons. The van der Waals surface area contributed by atoms with Gasteiger partial charge in [0.05, 0.1) is 12.0 Å². The van der Waals surface area contributed by atoms with E-state index in [2.05, 4.69) is 71.7 Å². The Morgan fingerprint density at radius 1 is 0.645 bits per heavy atom. The molecule has 2 heterocycles. The Labute approximate surface area is 362 Å². The van der Waals surface area contributed by atoms with Gasteiger partial charge >= 0.3 is 0 Å². The monoisotopic (exact) mass is 882 g/mol. The molecule has 0 amide bonds. The Morgan fingerprint density at radius 2 is 1.11 bits per heavy atom. The van der Waals surface area contributed by atoms with Gasteiger partial charge in [-0.25, -0.2) is 5.26 Å². The molecule has 0 fully saturated rings. The first-order chi connectivity index (χ1) is 30.0. The van der Waals surface area contributed by atoms with Gasteiger partial charge in [-0.3, -0.25) is 4.55 Å². The molecule has 0 atom stereocenters. The van der Waals surface area contributed by atoms with Crippen LogP contribution in [0.5, 0.6) is 0 Å². The number of anilines is 10. The fraction of sp³-hybridized carbons (Fsp3) is 0.200. The fourth-order valence-electron chi connectivity index (χ4n) is 5.62. The second-order valence-electron chi connectivity index (χ2n) is 13.5. The van der Waals surface area contributed by atoms with Crippen LogP contribution in [0.15, 0.2) is 107 Å². The maximum atomic E-state index is 12.7. The van der Waals surface area contributed by atoms with Crippen LogP contribution in [0.25, 0.3) is 12.2 Å². The molecule has 4 aromatic carbocycles. The molecule has 2 aromatic heterocycles. The highest BCUT2D eigenvalue weighted by atomic mass is 32.2. The second-order valence-corrected chi connectivity index (χ2v) is 15.7. The van der Waals surface area contributed by atoms with Crippen LogP contribution in [-0.4, -0.2) is 93.3 Å². The molecule has 10 N–H and O–H groups in total. The van der Waals surface area contributed by atoms with E-state index in [0.717, 1.165) is 24.3 Å². The largest absolute Gasteiger partial charge is 0.354 e. The minimum absolute atomic E-state index is 0.105. The molecule has 0 saturated heterocycles. The SMILES string of the molecule is CN(C)CCCNc1nc(Nc2ccccc2)nc(Nc2ccc(/C=C/c3ccc(Nc4nc(NCCCN)nc(Nc5ccccc5)n4)cc3S(=O)(=O)O)c(SOOO)c2)n1. The number of nitrogens with one attached hydrogen (secondary N) is 6. The van der Waals surface area contributed by atoms with Gasteiger partial charge in [0.1, 0.15) is 4.90 Å². The molecule has 6 rings (SSSR count). The summed E-state index contributed by atoms with van der Waals surface area (Å²) in [7, 11) is -0.724. The molecular weight excluding hydrogens is 837 g/mol. The van der Waals surface area contributed by atoms with Crippen molar-refractivity contribution in [2.75, 3.05) is 72.2 Å². The zero-order chi connectivity index (χ0) is 43.7. The number of rotatable bonds is 23. The van der Waals surface area contributed by atoms with Crippen molar-refractivity contribution in [2.24, 2.45) is 5.73 Å². The van der Waals surface area contributed by atoms with Gasteiger partial charge in [-0.05, 0) is 99.7 Å². The third-order valence-electron chi connectivity index (χ3n) is 8.47. The highest BCUT2D eigenvalue weighted by Gasteiger charge is 2.17. The van der Waals surface area contributed by atoms with Crippen molar-refractivity contribution in [3.63, 3.8) is 0 Å². The fourth-order valence-corrected chi connectivity index (χ4v) is 6.84. The van der Waals surface area contributed by atoms with E-state index in [9.17, 15) is 13.0 Å². The van der Waals surface area contributed by atoms with E-state index in [1.807, 2.05) is 74.8 Å². The molecule has 0 radical (unpaired) electrons. The predicted molar refractivity (Wildman–Crippen MR) is 242 cm³/mol. The van der Waals surface area contributed by atoms with E-state index in [0.29, 0.717) is 66.1 Å². The summed E-state index contributed by atoms with van der Waals surface area (Å²) in [6, 6.07) is 28.3. The van der Waals surface area contributed by atoms with Crippen LogP contribution < -0.4 is 37.6 Å². The highest BCUT2D eigenvalue weighted by Crippen LogP contribution is 2.31. The molecular formula is C40H46N14O6S2. The van der Waals surface area contributed by atoms with E-state index in [4.69, 9.17) is 15.3 Å². The van der Waals surface area contributed by atoms with Crippen molar-refractivity contribution in [2.45, 2.75) is 22.6 Å².